The Bertz CT molecular complexity index is 399. The fourth-order valence-corrected chi connectivity index (χ4v) is 2.07. The fourth-order valence-electron chi connectivity index (χ4n) is 2.07. The summed E-state index contributed by atoms with van der Waals surface area (Å²) in [5.74, 6) is 0.598. The van der Waals surface area contributed by atoms with Gasteiger partial charge in [-0.3, -0.25) is 0 Å². The molecular weight excluding hydrogens is 205 g/mol. The summed E-state index contributed by atoms with van der Waals surface area (Å²) in [6.07, 6.45) is 3.87. The summed E-state index contributed by atoms with van der Waals surface area (Å²) in [6, 6.07) is 3.05. The molecule has 1 aliphatic carbocycles. The molecule has 1 aromatic carbocycles. The second-order valence-electron chi connectivity index (χ2n) is 4.78. The lowest BCUT2D eigenvalue weighted by Crippen LogP contribution is -2.22. The number of rotatable bonds is 4. The third kappa shape index (κ3) is 2.35. The van der Waals surface area contributed by atoms with Crippen LogP contribution < -0.4 is 10.5 Å². The van der Waals surface area contributed by atoms with Crippen LogP contribution in [0.25, 0.3) is 0 Å². The Morgan fingerprint density at radius 3 is 2.69 bits per heavy atom. The molecule has 2 nitrogen and oxygen atoms in total. The van der Waals surface area contributed by atoms with Gasteiger partial charge in [0, 0.05) is 5.54 Å². The van der Waals surface area contributed by atoms with Gasteiger partial charge in [-0.2, -0.15) is 0 Å². The second kappa shape index (κ2) is 4.06. The summed E-state index contributed by atoms with van der Waals surface area (Å²) < 4.78 is 18.6. The predicted molar refractivity (Wildman–Crippen MR) is 62.2 cm³/mol. The van der Waals surface area contributed by atoms with Crippen LogP contribution in [0.2, 0.25) is 0 Å². The van der Waals surface area contributed by atoms with Gasteiger partial charge < -0.3 is 10.5 Å². The average molecular weight is 223 g/mol. The SMILES string of the molecule is COc1c(C)cc(F)cc1CCC1(N)CC1. The third-order valence-corrected chi connectivity index (χ3v) is 3.30. The largest absolute Gasteiger partial charge is 0.496 e. The maximum absolute atomic E-state index is 13.3. The van der Waals surface area contributed by atoms with E-state index in [9.17, 15) is 4.39 Å². The lowest BCUT2D eigenvalue weighted by atomic mass is 10.0. The van der Waals surface area contributed by atoms with Crippen LogP contribution in [0, 0.1) is 12.7 Å². The third-order valence-electron chi connectivity index (χ3n) is 3.30. The first kappa shape index (κ1) is 11.4. The van der Waals surface area contributed by atoms with Crippen molar-refractivity contribution in [1.82, 2.24) is 0 Å². The van der Waals surface area contributed by atoms with Gasteiger partial charge in [-0.25, -0.2) is 4.39 Å². The van der Waals surface area contributed by atoms with Crippen LogP contribution in [0.4, 0.5) is 4.39 Å². The molecule has 0 bridgehead atoms. The number of nitrogens with two attached hydrogens (primary N) is 1. The van der Waals surface area contributed by atoms with Crippen molar-refractivity contribution in [2.45, 2.75) is 38.1 Å². The molecule has 0 spiro atoms. The predicted octanol–water partition coefficient (Wildman–Crippen LogP) is 2.57. The quantitative estimate of drug-likeness (QED) is 0.851. The van der Waals surface area contributed by atoms with E-state index in [-0.39, 0.29) is 11.4 Å². The van der Waals surface area contributed by atoms with E-state index in [2.05, 4.69) is 0 Å². The van der Waals surface area contributed by atoms with Gasteiger partial charge >= 0.3 is 0 Å². The standard InChI is InChI=1S/C13H18FNO/c1-9-7-11(14)8-10(12(9)16-2)3-4-13(15)5-6-13/h7-8H,3-6,15H2,1-2H3. The number of ether oxygens (including phenoxy) is 1. The van der Waals surface area contributed by atoms with Gasteiger partial charge in [0.05, 0.1) is 7.11 Å². The highest BCUT2D eigenvalue weighted by Crippen LogP contribution is 2.38. The Balaban J connectivity index is 2.17. The summed E-state index contributed by atoms with van der Waals surface area (Å²) in [5.41, 5.74) is 7.81. The normalized spacial score (nSPS) is 17.2. The molecule has 0 amide bonds. The molecule has 0 aromatic heterocycles. The molecule has 0 atom stereocenters. The monoisotopic (exact) mass is 223 g/mol. The molecule has 1 fully saturated rings. The zero-order chi connectivity index (χ0) is 11.8. The van der Waals surface area contributed by atoms with Gasteiger partial charge in [0.1, 0.15) is 11.6 Å². The Morgan fingerprint density at radius 2 is 2.12 bits per heavy atom. The van der Waals surface area contributed by atoms with Gasteiger partial charge in [0.2, 0.25) is 0 Å². The van der Waals surface area contributed by atoms with E-state index in [1.54, 1.807) is 13.2 Å². The topological polar surface area (TPSA) is 35.2 Å². The molecule has 0 aliphatic heterocycles. The van der Waals surface area contributed by atoms with Crippen LogP contribution in [-0.2, 0) is 6.42 Å². The minimum atomic E-state index is -0.199. The van der Waals surface area contributed by atoms with E-state index < -0.39 is 0 Å². The van der Waals surface area contributed by atoms with Crippen molar-refractivity contribution >= 4 is 0 Å². The first-order valence-electron chi connectivity index (χ1n) is 5.66. The minimum Gasteiger partial charge on any atom is -0.496 e. The van der Waals surface area contributed by atoms with Gasteiger partial charge in [0.15, 0.2) is 0 Å². The molecule has 0 heterocycles. The average Bonchev–Trinajstić information content (AvgIpc) is 2.94. The number of hydrogen-bond acceptors (Lipinski definition) is 2. The van der Waals surface area contributed by atoms with Crippen LogP contribution in [0.3, 0.4) is 0 Å². The zero-order valence-corrected chi connectivity index (χ0v) is 9.85. The molecule has 0 saturated heterocycles. The summed E-state index contributed by atoms with van der Waals surface area (Å²) in [5, 5.41) is 0. The second-order valence-corrected chi connectivity index (χ2v) is 4.78. The molecule has 0 unspecified atom stereocenters. The summed E-state index contributed by atoms with van der Waals surface area (Å²) in [7, 11) is 1.62. The van der Waals surface area contributed by atoms with Crippen LogP contribution in [0.1, 0.15) is 30.4 Å². The lowest BCUT2D eigenvalue weighted by Gasteiger charge is -2.13. The molecule has 0 radical (unpaired) electrons. The highest BCUT2D eigenvalue weighted by molar-refractivity contribution is 5.41. The van der Waals surface area contributed by atoms with Crippen molar-refractivity contribution in [3.05, 3.63) is 29.1 Å². The highest BCUT2D eigenvalue weighted by atomic mass is 19.1. The van der Waals surface area contributed by atoms with Crippen LogP contribution in [0.5, 0.6) is 5.75 Å². The maximum atomic E-state index is 13.3. The van der Waals surface area contributed by atoms with E-state index >= 15 is 0 Å². The van der Waals surface area contributed by atoms with Crippen LogP contribution in [-0.4, -0.2) is 12.6 Å². The van der Waals surface area contributed by atoms with Gasteiger partial charge in [-0.05, 0) is 55.9 Å². The van der Waals surface area contributed by atoms with E-state index in [1.165, 1.54) is 6.07 Å². The summed E-state index contributed by atoms with van der Waals surface area (Å²) >= 11 is 0. The lowest BCUT2D eigenvalue weighted by molar-refractivity contribution is 0.403. The van der Waals surface area contributed by atoms with E-state index in [0.717, 1.165) is 42.6 Å². The fraction of sp³-hybridized carbons (Fsp3) is 0.538. The first-order valence-corrected chi connectivity index (χ1v) is 5.66. The summed E-state index contributed by atoms with van der Waals surface area (Å²) in [4.78, 5) is 0. The zero-order valence-electron chi connectivity index (χ0n) is 9.85. The van der Waals surface area contributed by atoms with Crippen molar-refractivity contribution in [3.63, 3.8) is 0 Å². The van der Waals surface area contributed by atoms with E-state index in [1.807, 2.05) is 6.92 Å². The van der Waals surface area contributed by atoms with Crippen molar-refractivity contribution < 1.29 is 9.13 Å². The summed E-state index contributed by atoms with van der Waals surface area (Å²) in [6.45, 7) is 1.86. The Morgan fingerprint density at radius 1 is 1.44 bits per heavy atom. The molecule has 2 rings (SSSR count). The Labute approximate surface area is 95.6 Å². The molecule has 3 heteroatoms. The van der Waals surface area contributed by atoms with Gasteiger partial charge in [-0.15, -0.1) is 0 Å². The number of hydrogen-bond donors (Lipinski definition) is 1. The smallest absolute Gasteiger partial charge is 0.125 e. The van der Waals surface area contributed by atoms with E-state index in [0.29, 0.717) is 0 Å². The van der Waals surface area contributed by atoms with Crippen molar-refractivity contribution in [3.8, 4) is 5.75 Å². The molecule has 2 N–H and O–H groups in total. The van der Waals surface area contributed by atoms with Crippen molar-refractivity contribution in [1.29, 1.82) is 0 Å². The van der Waals surface area contributed by atoms with E-state index in [4.69, 9.17) is 10.5 Å². The number of methoxy groups -OCH3 is 1. The Kier molecular flexibility index (Phi) is 2.89. The first-order chi connectivity index (χ1) is 7.54. The number of halogens is 1. The van der Waals surface area contributed by atoms with Crippen molar-refractivity contribution in [2.24, 2.45) is 5.73 Å². The van der Waals surface area contributed by atoms with Gasteiger partial charge in [-0.1, -0.05) is 0 Å². The van der Waals surface area contributed by atoms with Crippen LogP contribution in [0.15, 0.2) is 12.1 Å². The maximum Gasteiger partial charge on any atom is 0.125 e. The number of aryl methyl sites for hydroxylation is 2. The van der Waals surface area contributed by atoms with Crippen LogP contribution >= 0.6 is 0 Å². The molecule has 1 aliphatic rings. The Hall–Kier alpha value is -1.09. The van der Waals surface area contributed by atoms with Gasteiger partial charge in [0.25, 0.3) is 0 Å². The van der Waals surface area contributed by atoms with Crippen molar-refractivity contribution in [2.75, 3.05) is 7.11 Å². The molecule has 16 heavy (non-hydrogen) atoms. The number of benzene rings is 1. The minimum absolute atomic E-state index is 0.00519. The molecular formula is C13H18FNO. The molecule has 1 aromatic rings. The highest BCUT2D eigenvalue weighted by Gasteiger charge is 2.37. The molecule has 1 saturated carbocycles. The molecule has 88 valence electrons.